The van der Waals surface area contributed by atoms with Gasteiger partial charge < -0.3 is 15.4 Å². The van der Waals surface area contributed by atoms with E-state index in [4.69, 9.17) is 4.74 Å². The second-order valence-electron chi connectivity index (χ2n) is 8.69. The quantitative estimate of drug-likeness (QED) is 0.209. The molecule has 2 aliphatic rings. The van der Waals surface area contributed by atoms with E-state index >= 15 is 0 Å². The highest BCUT2D eigenvalue weighted by Crippen LogP contribution is 2.30. The van der Waals surface area contributed by atoms with Crippen LogP contribution in [0.3, 0.4) is 0 Å². The lowest BCUT2D eigenvalue weighted by atomic mass is 10.1. The molecule has 33 heavy (non-hydrogen) atoms. The summed E-state index contributed by atoms with van der Waals surface area (Å²) in [6.45, 7) is 4.53. The summed E-state index contributed by atoms with van der Waals surface area (Å²) in [6.07, 6.45) is 6.11. The third-order valence-electron chi connectivity index (χ3n) is 6.07. The monoisotopic (exact) mass is 572 g/mol. The molecule has 0 bridgehead atoms. The number of rotatable bonds is 9. The van der Waals surface area contributed by atoms with Gasteiger partial charge in [-0.2, -0.15) is 5.10 Å². The van der Waals surface area contributed by atoms with E-state index in [0.717, 1.165) is 43.6 Å². The standard InChI is InChI=1S/C23H33FN6O2.HI/c1-16(18-9-10-20(19(24)14-18)32-15-17-7-8-17)27-22(25-2)26-11-5-13-30-23(31)29-12-4-3-6-21(29)28-30;/h9-10,14,16-17H,3-8,11-13,15H2,1-2H3,(H2,25,26,27);1H. The minimum atomic E-state index is -0.340. The van der Waals surface area contributed by atoms with E-state index in [2.05, 4.69) is 20.7 Å². The molecule has 1 saturated carbocycles. The van der Waals surface area contributed by atoms with Crippen molar-refractivity contribution in [2.75, 3.05) is 20.2 Å². The zero-order valence-corrected chi connectivity index (χ0v) is 21.7. The lowest BCUT2D eigenvalue weighted by Gasteiger charge is -2.19. The summed E-state index contributed by atoms with van der Waals surface area (Å²) in [5.74, 6) is 2.08. The molecule has 1 unspecified atom stereocenters. The van der Waals surface area contributed by atoms with Crippen LogP contribution >= 0.6 is 24.0 Å². The highest BCUT2D eigenvalue weighted by Gasteiger charge is 2.22. The molecule has 0 saturated heterocycles. The Labute approximate surface area is 211 Å². The van der Waals surface area contributed by atoms with Gasteiger partial charge in [-0.3, -0.25) is 9.56 Å². The van der Waals surface area contributed by atoms with Crippen molar-refractivity contribution in [2.45, 2.75) is 64.6 Å². The molecule has 2 aromatic rings. The summed E-state index contributed by atoms with van der Waals surface area (Å²) in [5.41, 5.74) is 0.807. The zero-order chi connectivity index (χ0) is 22.5. The Bertz CT molecular complexity index is 1020. The second kappa shape index (κ2) is 11.8. The predicted octanol–water partition coefficient (Wildman–Crippen LogP) is 3.24. The van der Waals surface area contributed by atoms with E-state index in [1.165, 1.54) is 18.9 Å². The molecule has 0 radical (unpaired) electrons. The Kier molecular flexibility index (Phi) is 9.16. The normalized spacial score (nSPS) is 16.5. The molecule has 10 heteroatoms. The molecule has 2 heterocycles. The molecule has 0 amide bonds. The summed E-state index contributed by atoms with van der Waals surface area (Å²) in [5, 5.41) is 11.0. The number of guanidine groups is 1. The van der Waals surface area contributed by atoms with Crippen molar-refractivity contribution < 1.29 is 9.13 Å². The Morgan fingerprint density at radius 1 is 1.36 bits per heavy atom. The number of halogens is 2. The van der Waals surface area contributed by atoms with Gasteiger partial charge in [0.25, 0.3) is 0 Å². The SMILES string of the molecule is CN=C(NCCCn1nc2n(c1=O)CCCC2)NC(C)c1ccc(OCC2CC2)c(F)c1.I. The van der Waals surface area contributed by atoms with Gasteiger partial charge in [0, 0.05) is 33.1 Å². The smallest absolute Gasteiger partial charge is 0.345 e. The van der Waals surface area contributed by atoms with Gasteiger partial charge in [-0.15, -0.1) is 24.0 Å². The number of aryl methyl sites for hydroxylation is 2. The molecule has 2 N–H and O–H groups in total. The number of aliphatic imine (C=N–C) groups is 1. The van der Waals surface area contributed by atoms with Crippen LogP contribution in [0.5, 0.6) is 5.75 Å². The number of nitrogens with zero attached hydrogens (tertiary/aromatic N) is 4. The maximum Gasteiger partial charge on any atom is 0.345 e. The molecular formula is C23H34FIN6O2. The van der Waals surface area contributed by atoms with Gasteiger partial charge in [-0.25, -0.2) is 13.9 Å². The molecular weight excluding hydrogens is 538 g/mol. The van der Waals surface area contributed by atoms with Crippen molar-refractivity contribution in [3.8, 4) is 5.75 Å². The first kappa shape index (κ1) is 25.5. The van der Waals surface area contributed by atoms with Gasteiger partial charge in [0.2, 0.25) is 0 Å². The lowest BCUT2D eigenvalue weighted by Crippen LogP contribution is -2.39. The number of benzene rings is 1. The predicted molar refractivity (Wildman–Crippen MR) is 137 cm³/mol. The molecule has 1 aromatic carbocycles. The molecule has 0 spiro atoms. The molecule has 1 aliphatic heterocycles. The summed E-state index contributed by atoms with van der Waals surface area (Å²) in [4.78, 5) is 16.6. The zero-order valence-electron chi connectivity index (χ0n) is 19.3. The van der Waals surface area contributed by atoms with Gasteiger partial charge >= 0.3 is 5.69 Å². The molecule has 4 rings (SSSR count). The van der Waals surface area contributed by atoms with Crippen molar-refractivity contribution in [1.82, 2.24) is 25.0 Å². The Morgan fingerprint density at radius 2 is 2.18 bits per heavy atom. The minimum absolute atomic E-state index is 0. The van der Waals surface area contributed by atoms with Crippen molar-refractivity contribution in [2.24, 2.45) is 10.9 Å². The van der Waals surface area contributed by atoms with Gasteiger partial charge in [-0.05, 0) is 62.6 Å². The fourth-order valence-corrected chi connectivity index (χ4v) is 3.91. The van der Waals surface area contributed by atoms with Crippen LogP contribution in [0, 0.1) is 11.7 Å². The van der Waals surface area contributed by atoms with E-state index < -0.39 is 0 Å². The summed E-state index contributed by atoms with van der Waals surface area (Å²) in [7, 11) is 1.70. The largest absolute Gasteiger partial charge is 0.490 e. The van der Waals surface area contributed by atoms with Crippen LogP contribution in [0.15, 0.2) is 28.0 Å². The first-order chi connectivity index (χ1) is 15.5. The minimum Gasteiger partial charge on any atom is -0.490 e. The van der Waals surface area contributed by atoms with Gasteiger partial charge in [-0.1, -0.05) is 6.07 Å². The lowest BCUT2D eigenvalue weighted by molar-refractivity contribution is 0.285. The van der Waals surface area contributed by atoms with Crippen LogP contribution in [0.25, 0.3) is 0 Å². The van der Waals surface area contributed by atoms with E-state index in [1.807, 2.05) is 13.0 Å². The Balaban J connectivity index is 0.00000306. The highest BCUT2D eigenvalue weighted by molar-refractivity contribution is 14.0. The van der Waals surface area contributed by atoms with Crippen LogP contribution in [0.4, 0.5) is 4.39 Å². The number of fused-ring (bicyclic) bond motifs is 1. The molecule has 1 fully saturated rings. The Hall–Kier alpha value is -2.11. The number of ether oxygens (including phenoxy) is 1. The highest BCUT2D eigenvalue weighted by atomic mass is 127. The average molecular weight is 572 g/mol. The first-order valence-corrected chi connectivity index (χ1v) is 11.6. The fraction of sp³-hybridized carbons (Fsp3) is 0.609. The Morgan fingerprint density at radius 3 is 2.88 bits per heavy atom. The maximum absolute atomic E-state index is 14.4. The van der Waals surface area contributed by atoms with Crippen molar-refractivity contribution >= 4 is 29.9 Å². The van der Waals surface area contributed by atoms with E-state index in [9.17, 15) is 9.18 Å². The number of aromatic nitrogens is 3. The van der Waals surface area contributed by atoms with Crippen molar-refractivity contribution in [3.05, 3.63) is 45.9 Å². The fourth-order valence-electron chi connectivity index (χ4n) is 3.91. The van der Waals surface area contributed by atoms with E-state index in [-0.39, 0.29) is 41.5 Å². The van der Waals surface area contributed by atoms with Gasteiger partial charge in [0.1, 0.15) is 5.82 Å². The molecule has 1 atom stereocenters. The van der Waals surface area contributed by atoms with Crippen molar-refractivity contribution in [3.63, 3.8) is 0 Å². The van der Waals surface area contributed by atoms with Crippen LogP contribution in [-0.4, -0.2) is 40.5 Å². The second-order valence-corrected chi connectivity index (χ2v) is 8.69. The third kappa shape index (κ3) is 6.70. The third-order valence-corrected chi connectivity index (χ3v) is 6.07. The molecule has 182 valence electrons. The van der Waals surface area contributed by atoms with Crippen molar-refractivity contribution in [1.29, 1.82) is 0 Å². The maximum atomic E-state index is 14.4. The molecule has 8 nitrogen and oxygen atoms in total. The van der Waals surface area contributed by atoms with Crippen LogP contribution in [0.1, 0.15) is 56.5 Å². The van der Waals surface area contributed by atoms with E-state index in [1.54, 1.807) is 22.4 Å². The number of hydrogen-bond donors (Lipinski definition) is 2. The van der Waals surface area contributed by atoms with Gasteiger partial charge in [0.15, 0.2) is 17.5 Å². The first-order valence-electron chi connectivity index (χ1n) is 11.6. The average Bonchev–Trinajstić information content (AvgIpc) is 3.58. The molecule has 1 aliphatic carbocycles. The summed E-state index contributed by atoms with van der Waals surface area (Å²) >= 11 is 0. The van der Waals surface area contributed by atoms with Gasteiger partial charge in [0.05, 0.1) is 12.6 Å². The van der Waals surface area contributed by atoms with E-state index in [0.29, 0.717) is 37.3 Å². The summed E-state index contributed by atoms with van der Waals surface area (Å²) in [6, 6.07) is 4.96. The summed E-state index contributed by atoms with van der Waals surface area (Å²) < 4.78 is 23.3. The van der Waals surface area contributed by atoms with Crippen LogP contribution < -0.4 is 21.1 Å². The number of hydrogen-bond acceptors (Lipinski definition) is 4. The molecule has 1 aromatic heterocycles. The van der Waals surface area contributed by atoms with Crippen LogP contribution in [-0.2, 0) is 19.5 Å². The number of nitrogens with one attached hydrogen (secondary N) is 2. The topological polar surface area (TPSA) is 85.5 Å². The van der Waals surface area contributed by atoms with Crippen LogP contribution in [0.2, 0.25) is 0 Å².